The summed E-state index contributed by atoms with van der Waals surface area (Å²) < 4.78 is 5.64. The van der Waals surface area contributed by atoms with Crippen LogP contribution in [-0.2, 0) is 4.79 Å². The Kier molecular flexibility index (Phi) is 5.70. The molecule has 4 rings (SSSR count). The Morgan fingerprint density at radius 3 is 2.55 bits per heavy atom. The minimum Gasteiger partial charge on any atom is -0.455 e. The van der Waals surface area contributed by atoms with Gasteiger partial charge in [-0.1, -0.05) is 30.3 Å². The van der Waals surface area contributed by atoms with E-state index < -0.39 is 4.92 Å². The van der Waals surface area contributed by atoms with Crippen LogP contribution in [0.5, 0.6) is 0 Å². The van der Waals surface area contributed by atoms with Crippen molar-refractivity contribution in [1.29, 1.82) is 0 Å². The lowest BCUT2D eigenvalue weighted by Crippen LogP contribution is -2.25. The van der Waals surface area contributed by atoms with Crippen LogP contribution in [0.1, 0.15) is 5.76 Å². The van der Waals surface area contributed by atoms with Crippen molar-refractivity contribution >= 4 is 34.3 Å². The number of nitro groups is 1. The Hall–Kier alpha value is -4.46. The van der Waals surface area contributed by atoms with Crippen LogP contribution in [0.15, 0.2) is 88.4 Å². The molecule has 0 aliphatic heterocycles. The van der Waals surface area contributed by atoms with Gasteiger partial charge in [-0.2, -0.15) is 5.10 Å². The number of nitro benzene ring substituents is 1. The van der Waals surface area contributed by atoms with Gasteiger partial charge >= 0.3 is 0 Å². The molecule has 0 unspecified atom stereocenters. The minimum atomic E-state index is -0.457. The molecule has 0 radical (unpaired) electrons. The van der Waals surface area contributed by atoms with Crippen molar-refractivity contribution in [2.75, 3.05) is 11.9 Å². The van der Waals surface area contributed by atoms with Gasteiger partial charge < -0.3 is 9.73 Å². The lowest BCUT2D eigenvalue weighted by atomic mass is 10.1. The summed E-state index contributed by atoms with van der Waals surface area (Å²) in [6, 6.07) is 23.3. The smallest absolute Gasteiger partial charge is 0.269 e. The first-order chi connectivity index (χ1) is 15.1. The van der Waals surface area contributed by atoms with Gasteiger partial charge in [0.15, 0.2) is 0 Å². The van der Waals surface area contributed by atoms with E-state index in [0.717, 1.165) is 16.5 Å². The van der Waals surface area contributed by atoms with Crippen molar-refractivity contribution < 1.29 is 14.1 Å². The van der Waals surface area contributed by atoms with Gasteiger partial charge in [0.25, 0.3) is 11.6 Å². The van der Waals surface area contributed by atoms with Crippen molar-refractivity contribution in [3.8, 4) is 11.3 Å². The summed E-state index contributed by atoms with van der Waals surface area (Å²) in [5.74, 6) is 0.684. The molecule has 4 aromatic rings. The fraction of sp³-hybridized carbons (Fsp3) is 0.0435. The molecule has 2 N–H and O–H groups in total. The molecule has 8 heteroatoms. The van der Waals surface area contributed by atoms with Gasteiger partial charge in [0.05, 0.1) is 17.7 Å². The summed E-state index contributed by atoms with van der Waals surface area (Å²) in [4.78, 5) is 22.3. The third kappa shape index (κ3) is 4.94. The number of fused-ring (bicyclic) bond motifs is 1. The number of furan rings is 1. The lowest BCUT2D eigenvalue weighted by Gasteiger charge is -2.06. The van der Waals surface area contributed by atoms with Gasteiger partial charge in [0.2, 0.25) is 0 Å². The molecule has 8 nitrogen and oxygen atoms in total. The summed E-state index contributed by atoms with van der Waals surface area (Å²) in [5.41, 5.74) is 4.00. The van der Waals surface area contributed by atoms with Gasteiger partial charge in [-0.3, -0.25) is 14.9 Å². The van der Waals surface area contributed by atoms with Gasteiger partial charge in [-0.25, -0.2) is 5.43 Å². The second-order valence-electron chi connectivity index (χ2n) is 6.71. The van der Waals surface area contributed by atoms with Crippen molar-refractivity contribution in [2.45, 2.75) is 0 Å². The SMILES string of the molecule is O=C(CNc1ccc2ccccc2c1)N/N=C/c1ccc(-c2ccc([N+](=O)[O-])cc2)o1. The number of benzene rings is 3. The topological polar surface area (TPSA) is 110 Å². The summed E-state index contributed by atoms with van der Waals surface area (Å²) >= 11 is 0. The number of nitrogens with zero attached hydrogens (tertiary/aromatic N) is 2. The fourth-order valence-electron chi connectivity index (χ4n) is 3.01. The van der Waals surface area contributed by atoms with Crippen molar-refractivity contribution in [3.63, 3.8) is 0 Å². The van der Waals surface area contributed by atoms with Gasteiger partial charge in [0.1, 0.15) is 11.5 Å². The van der Waals surface area contributed by atoms with Crippen molar-refractivity contribution in [1.82, 2.24) is 5.43 Å². The number of hydrazone groups is 1. The zero-order chi connectivity index (χ0) is 21.6. The molecule has 0 spiro atoms. The Labute approximate surface area is 177 Å². The average Bonchev–Trinajstić information content (AvgIpc) is 3.26. The molecule has 31 heavy (non-hydrogen) atoms. The predicted octanol–water partition coefficient (Wildman–Crippen LogP) is 4.57. The molecule has 0 atom stereocenters. The third-order valence-corrected chi connectivity index (χ3v) is 4.57. The minimum absolute atomic E-state index is 0.0112. The Balaban J connectivity index is 1.30. The van der Waals surface area contributed by atoms with Crippen LogP contribution in [0.3, 0.4) is 0 Å². The summed E-state index contributed by atoms with van der Waals surface area (Å²) in [6.07, 6.45) is 1.39. The van der Waals surface area contributed by atoms with Crippen LogP contribution >= 0.6 is 0 Å². The van der Waals surface area contributed by atoms with E-state index in [1.54, 1.807) is 24.3 Å². The number of anilines is 1. The van der Waals surface area contributed by atoms with E-state index in [1.807, 2.05) is 42.5 Å². The number of carbonyl (C=O) groups excluding carboxylic acids is 1. The molecular formula is C23H18N4O4. The van der Waals surface area contributed by atoms with Crippen LogP contribution in [-0.4, -0.2) is 23.6 Å². The zero-order valence-corrected chi connectivity index (χ0v) is 16.3. The first-order valence-electron chi connectivity index (χ1n) is 9.48. The molecule has 0 aliphatic carbocycles. The molecule has 0 saturated carbocycles. The average molecular weight is 414 g/mol. The molecular weight excluding hydrogens is 396 g/mol. The molecule has 3 aromatic carbocycles. The molecule has 1 aromatic heterocycles. The van der Waals surface area contributed by atoms with E-state index in [-0.39, 0.29) is 18.1 Å². The number of rotatable bonds is 7. The van der Waals surface area contributed by atoms with Gasteiger partial charge in [0, 0.05) is 23.4 Å². The fourth-order valence-corrected chi connectivity index (χ4v) is 3.01. The highest BCUT2D eigenvalue weighted by Gasteiger charge is 2.08. The molecule has 154 valence electrons. The Bertz CT molecular complexity index is 1260. The van der Waals surface area contributed by atoms with Crippen LogP contribution in [0.25, 0.3) is 22.1 Å². The molecule has 1 heterocycles. The van der Waals surface area contributed by atoms with Crippen molar-refractivity contribution in [2.24, 2.45) is 5.10 Å². The summed E-state index contributed by atoms with van der Waals surface area (Å²) in [5, 5.41) is 19.9. The van der Waals surface area contributed by atoms with E-state index in [2.05, 4.69) is 15.8 Å². The molecule has 0 fully saturated rings. The maximum absolute atomic E-state index is 12.0. The van der Waals surface area contributed by atoms with Crippen LogP contribution in [0.2, 0.25) is 0 Å². The quantitative estimate of drug-likeness (QED) is 0.261. The standard InChI is InChI=1S/C23H18N4O4/c28-23(15-24-19-8-5-16-3-1-2-4-18(16)13-19)26-25-14-21-11-12-22(31-21)17-6-9-20(10-7-17)27(29)30/h1-14,24H,15H2,(H,26,28)/b25-14+. The number of nitrogens with one attached hydrogen (secondary N) is 2. The van der Waals surface area contributed by atoms with E-state index in [9.17, 15) is 14.9 Å². The normalized spacial score (nSPS) is 11.0. The predicted molar refractivity (Wildman–Crippen MR) is 119 cm³/mol. The number of hydrogen-bond donors (Lipinski definition) is 2. The first kappa shape index (κ1) is 19.8. The highest BCUT2D eigenvalue weighted by atomic mass is 16.6. The van der Waals surface area contributed by atoms with Gasteiger partial charge in [-0.15, -0.1) is 0 Å². The second kappa shape index (κ2) is 8.91. The number of non-ortho nitro benzene ring substituents is 1. The third-order valence-electron chi connectivity index (χ3n) is 4.57. The van der Waals surface area contributed by atoms with E-state index in [4.69, 9.17) is 4.42 Å². The van der Waals surface area contributed by atoms with Crippen LogP contribution in [0.4, 0.5) is 11.4 Å². The number of amides is 1. The summed E-state index contributed by atoms with van der Waals surface area (Å²) in [6.45, 7) is 0.0713. The monoisotopic (exact) mass is 414 g/mol. The first-order valence-corrected chi connectivity index (χ1v) is 9.48. The molecule has 1 amide bonds. The van der Waals surface area contributed by atoms with Gasteiger partial charge in [-0.05, 0) is 47.2 Å². The van der Waals surface area contributed by atoms with E-state index in [1.165, 1.54) is 18.3 Å². The van der Waals surface area contributed by atoms with Crippen molar-refractivity contribution in [3.05, 3.63) is 94.7 Å². The second-order valence-corrected chi connectivity index (χ2v) is 6.71. The van der Waals surface area contributed by atoms with E-state index >= 15 is 0 Å². The number of hydrogen-bond acceptors (Lipinski definition) is 6. The maximum atomic E-state index is 12.0. The highest BCUT2D eigenvalue weighted by molar-refractivity contribution is 5.87. The zero-order valence-electron chi connectivity index (χ0n) is 16.3. The Morgan fingerprint density at radius 1 is 1.00 bits per heavy atom. The van der Waals surface area contributed by atoms with E-state index in [0.29, 0.717) is 17.1 Å². The largest absolute Gasteiger partial charge is 0.455 e. The highest BCUT2D eigenvalue weighted by Crippen LogP contribution is 2.24. The maximum Gasteiger partial charge on any atom is 0.269 e. The molecule has 0 bridgehead atoms. The lowest BCUT2D eigenvalue weighted by molar-refractivity contribution is -0.384. The summed E-state index contributed by atoms with van der Waals surface area (Å²) in [7, 11) is 0. The van der Waals surface area contributed by atoms with Crippen LogP contribution in [0, 0.1) is 10.1 Å². The Morgan fingerprint density at radius 2 is 1.77 bits per heavy atom. The molecule has 0 aliphatic rings. The van der Waals surface area contributed by atoms with Crippen LogP contribution < -0.4 is 10.7 Å². The molecule has 0 saturated heterocycles. The number of carbonyl (C=O) groups is 1.